The number of hydrogen-bond acceptors (Lipinski definition) is 3. The van der Waals surface area contributed by atoms with E-state index in [1.54, 1.807) is 0 Å². The Bertz CT molecular complexity index is 451. The predicted molar refractivity (Wildman–Crippen MR) is 68.5 cm³/mol. The highest BCUT2D eigenvalue weighted by Crippen LogP contribution is 2.43. The van der Waals surface area contributed by atoms with Gasteiger partial charge >= 0.3 is 0 Å². The van der Waals surface area contributed by atoms with Gasteiger partial charge in [0.15, 0.2) is 5.60 Å². The standard InChI is InChI=1S/C15H18N2O/c16-11-15(18)6-13-9-17(10-14(13)7-15)8-12-4-2-1-3-5-12/h1-5,13-14,18H,6-10H2/t13-,14+,15-. The third-order valence-corrected chi connectivity index (χ3v) is 4.31. The number of rotatable bonds is 2. The van der Waals surface area contributed by atoms with Gasteiger partial charge in [0.25, 0.3) is 0 Å². The quantitative estimate of drug-likeness (QED) is 0.804. The molecule has 3 atom stereocenters. The normalized spacial score (nSPS) is 35.3. The van der Waals surface area contributed by atoms with Gasteiger partial charge in [-0.2, -0.15) is 5.26 Å². The Morgan fingerprint density at radius 2 is 1.83 bits per heavy atom. The molecule has 1 N–H and O–H groups in total. The van der Waals surface area contributed by atoms with Crippen LogP contribution in [0.1, 0.15) is 18.4 Å². The molecule has 0 bridgehead atoms. The third-order valence-electron chi connectivity index (χ3n) is 4.31. The number of aliphatic hydroxyl groups is 1. The lowest BCUT2D eigenvalue weighted by molar-refractivity contribution is 0.0910. The van der Waals surface area contributed by atoms with Crippen LogP contribution in [-0.2, 0) is 6.54 Å². The van der Waals surface area contributed by atoms with Crippen LogP contribution in [-0.4, -0.2) is 28.7 Å². The molecule has 0 unspecified atom stereocenters. The second kappa shape index (κ2) is 4.38. The fourth-order valence-corrected chi connectivity index (χ4v) is 3.51. The summed E-state index contributed by atoms with van der Waals surface area (Å²) in [6.07, 6.45) is 1.30. The lowest BCUT2D eigenvalue weighted by Gasteiger charge is -2.20. The number of benzene rings is 1. The molecule has 3 heteroatoms. The van der Waals surface area contributed by atoms with Crippen LogP contribution in [0.5, 0.6) is 0 Å². The molecule has 3 rings (SSSR count). The third kappa shape index (κ3) is 2.14. The minimum atomic E-state index is -1.05. The molecule has 18 heavy (non-hydrogen) atoms. The Balaban J connectivity index is 1.61. The Labute approximate surface area is 108 Å². The van der Waals surface area contributed by atoms with E-state index in [-0.39, 0.29) is 0 Å². The van der Waals surface area contributed by atoms with Crippen LogP contribution in [0.2, 0.25) is 0 Å². The molecule has 0 spiro atoms. The highest BCUT2D eigenvalue weighted by atomic mass is 16.3. The van der Waals surface area contributed by atoms with Crippen molar-refractivity contribution in [3.05, 3.63) is 35.9 Å². The van der Waals surface area contributed by atoms with Crippen molar-refractivity contribution >= 4 is 0 Å². The van der Waals surface area contributed by atoms with Crippen LogP contribution >= 0.6 is 0 Å². The van der Waals surface area contributed by atoms with Gasteiger partial charge in [-0.15, -0.1) is 0 Å². The van der Waals surface area contributed by atoms with Crippen molar-refractivity contribution in [2.24, 2.45) is 11.8 Å². The van der Waals surface area contributed by atoms with E-state index >= 15 is 0 Å². The fourth-order valence-electron chi connectivity index (χ4n) is 3.51. The molecular weight excluding hydrogens is 224 g/mol. The first-order valence-electron chi connectivity index (χ1n) is 6.58. The summed E-state index contributed by atoms with van der Waals surface area (Å²) in [5.41, 5.74) is 0.293. The van der Waals surface area contributed by atoms with E-state index < -0.39 is 5.60 Å². The molecule has 94 valence electrons. The lowest BCUT2D eigenvalue weighted by Crippen LogP contribution is -2.28. The zero-order valence-corrected chi connectivity index (χ0v) is 10.4. The maximum absolute atomic E-state index is 10.0. The van der Waals surface area contributed by atoms with Gasteiger partial charge in [-0.3, -0.25) is 4.90 Å². The van der Waals surface area contributed by atoms with Crippen molar-refractivity contribution < 1.29 is 5.11 Å². The van der Waals surface area contributed by atoms with Gasteiger partial charge in [0, 0.05) is 19.6 Å². The monoisotopic (exact) mass is 242 g/mol. The van der Waals surface area contributed by atoms with Gasteiger partial charge in [-0.05, 0) is 30.2 Å². The second-order valence-electron chi connectivity index (χ2n) is 5.75. The number of nitrogens with zero attached hydrogens (tertiary/aromatic N) is 2. The molecule has 1 saturated carbocycles. The molecule has 2 fully saturated rings. The van der Waals surface area contributed by atoms with Gasteiger partial charge in [0.2, 0.25) is 0 Å². The second-order valence-corrected chi connectivity index (χ2v) is 5.75. The van der Waals surface area contributed by atoms with E-state index in [1.165, 1.54) is 5.56 Å². The van der Waals surface area contributed by atoms with E-state index in [4.69, 9.17) is 5.26 Å². The van der Waals surface area contributed by atoms with Crippen molar-refractivity contribution in [2.45, 2.75) is 25.0 Å². The van der Waals surface area contributed by atoms with Gasteiger partial charge in [-0.25, -0.2) is 0 Å². The van der Waals surface area contributed by atoms with E-state index in [0.717, 1.165) is 19.6 Å². The number of nitriles is 1. The summed E-state index contributed by atoms with van der Waals surface area (Å²) < 4.78 is 0. The van der Waals surface area contributed by atoms with E-state index in [1.807, 2.05) is 6.07 Å². The average Bonchev–Trinajstić information content (AvgIpc) is 2.85. The number of likely N-dealkylation sites (tertiary alicyclic amines) is 1. The molecule has 0 amide bonds. The van der Waals surface area contributed by atoms with Crippen LogP contribution in [0.15, 0.2) is 30.3 Å². The molecule has 1 saturated heterocycles. The van der Waals surface area contributed by atoms with Gasteiger partial charge in [-0.1, -0.05) is 30.3 Å². The summed E-state index contributed by atoms with van der Waals surface area (Å²) in [5.74, 6) is 0.997. The summed E-state index contributed by atoms with van der Waals surface area (Å²) in [5, 5.41) is 19.0. The molecule has 1 heterocycles. The molecule has 3 nitrogen and oxygen atoms in total. The first-order chi connectivity index (χ1) is 8.68. The zero-order chi connectivity index (χ0) is 12.6. The maximum Gasteiger partial charge on any atom is 0.151 e. The predicted octanol–water partition coefficient (Wildman–Crippen LogP) is 1.78. The zero-order valence-electron chi connectivity index (χ0n) is 10.4. The summed E-state index contributed by atoms with van der Waals surface area (Å²) in [6.45, 7) is 3.02. The van der Waals surface area contributed by atoms with Crippen molar-refractivity contribution in [2.75, 3.05) is 13.1 Å². The SMILES string of the molecule is N#C[C@]1(O)C[C@H]2CN(Cc3ccccc3)C[C@H]2C1. The van der Waals surface area contributed by atoms with Crippen LogP contribution in [0.3, 0.4) is 0 Å². The topological polar surface area (TPSA) is 47.3 Å². The smallest absolute Gasteiger partial charge is 0.151 e. The van der Waals surface area contributed by atoms with Crippen LogP contribution in [0.25, 0.3) is 0 Å². The first-order valence-corrected chi connectivity index (χ1v) is 6.58. The van der Waals surface area contributed by atoms with Gasteiger partial charge < -0.3 is 5.11 Å². The fraction of sp³-hybridized carbons (Fsp3) is 0.533. The van der Waals surface area contributed by atoms with E-state index in [0.29, 0.717) is 24.7 Å². The van der Waals surface area contributed by atoms with Crippen LogP contribution in [0, 0.1) is 23.2 Å². The average molecular weight is 242 g/mol. The molecular formula is C15H18N2O. The van der Waals surface area contributed by atoms with Crippen LogP contribution in [0.4, 0.5) is 0 Å². The summed E-state index contributed by atoms with van der Waals surface area (Å²) in [6, 6.07) is 12.6. The van der Waals surface area contributed by atoms with Crippen molar-refractivity contribution in [3.8, 4) is 6.07 Å². The van der Waals surface area contributed by atoms with Crippen molar-refractivity contribution in [1.82, 2.24) is 4.90 Å². The largest absolute Gasteiger partial charge is 0.375 e. The molecule has 1 aliphatic carbocycles. The summed E-state index contributed by atoms with van der Waals surface area (Å²) in [4.78, 5) is 2.45. The molecule has 0 radical (unpaired) electrons. The van der Waals surface area contributed by atoms with Crippen LogP contribution < -0.4 is 0 Å². The highest BCUT2D eigenvalue weighted by molar-refractivity contribution is 5.16. The summed E-state index contributed by atoms with van der Waals surface area (Å²) >= 11 is 0. The Morgan fingerprint density at radius 1 is 1.22 bits per heavy atom. The molecule has 0 aromatic heterocycles. The van der Waals surface area contributed by atoms with Gasteiger partial charge in [0.05, 0.1) is 6.07 Å². The number of hydrogen-bond donors (Lipinski definition) is 1. The first kappa shape index (κ1) is 11.7. The van der Waals surface area contributed by atoms with Crippen molar-refractivity contribution in [1.29, 1.82) is 5.26 Å². The Morgan fingerprint density at radius 3 is 2.39 bits per heavy atom. The maximum atomic E-state index is 10.0. The van der Waals surface area contributed by atoms with Gasteiger partial charge in [0.1, 0.15) is 0 Å². The molecule has 1 aromatic carbocycles. The minimum absolute atomic E-state index is 0.498. The van der Waals surface area contributed by atoms with E-state index in [9.17, 15) is 5.11 Å². The van der Waals surface area contributed by atoms with E-state index in [2.05, 4.69) is 35.2 Å². The molecule has 2 aliphatic rings. The van der Waals surface area contributed by atoms with Crippen molar-refractivity contribution in [3.63, 3.8) is 0 Å². The Hall–Kier alpha value is -1.37. The molecule has 1 aliphatic heterocycles. The lowest BCUT2D eigenvalue weighted by atomic mass is 10.0. The minimum Gasteiger partial charge on any atom is -0.375 e. The molecule has 1 aromatic rings. The Kier molecular flexibility index (Phi) is 2.85. The number of fused-ring (bicyclic) bond motifs is 1. The summed E-state index contributed by atoms with van der Waals surface area (Å²) in [7, 11) is 0. The highest BCUT2D eigenvalue weighted by Gasteiger charge is 2.48.